The summed E-state index contributed by atoms with van der Waals surface area (Å²) >= 11 is 1.35. The Bertz CT molecular complexity index is 814. The van der Waals surface area contributed by atoms with Crippen molar-refractivity contribution >= 4 is 28.6 Å². The molecule has 1 amide bonds. The zero-order valence-corrected chi connectivity index (χ0v) is 15.6. The van der Waals surface area contributed by atoms with Crippen LogP contribution in [-0.4, -0.2) is 27.3 Å². The molecule has 134 valence electrons. The fraction of sp³-hybridized carbons (Fsp3) is 0.526. The Labute approximate surface area is 152 Å². The molecule has 0 aliphatic heterocycles. The van der Waals surface area contributed by atoms with Crippen molar-refractivity contribution in [2.75, 3.05) is 5.75 Å². The Balaban J connectivity index is 1.78. The van der Waals surface area contributed by atoms with Gasteiger partial charge < -0.3 is 5.32 Å². The number of carbonyl (C=O) groups excluding carboxylic acids is 1. The van der Waals surface area contributed by atoms with Gasteiger partial charge in [-0.3, -0.25) is 14.2 Å². The summed E-state index contributed by atoms with van der Waals surface area (Å²) in [7, 11) is 0. The molecule has 1 fully saturated rings. The number of nitrogens with one attached hydrogen (secondary N) is 1. The molecule has 0 spiro atoms. The van der Waals surface area contributed by atoms with E-state index in [1.54, 1.807) is 4.57 Å². The van der Waals surface area contributed by atoms with Crippen molar-refractivity contribution in [3.8, 4) is 0 Å². The molecule has 1 saturated carbocycles. The maximum absolute atomic E-state index is 12.8. The molecule has 0 bridgehead atoms. The van der Waals surface area contributed by atoms with Crippen LogP contribution in [0.25, 0.3) is 10.9 Å². The van der Waals surface area contributed by atoms with E-state index in [9.17, 15) is 9.59 Å². The highest BCUT2D eigenvalue weighted by atomic mass is 32.2. The number of benzene rings is 1. The van der Waals surface area contributed by atoms with E-state index in [0.29, 0.717) is 28.5 Å². The number of thioether (sulfide) groups is 1. The summed E-state index contributed by atoms with van der Waals surface area (Å²) in [5.74, 6) is 0.929. The molecule has 25 heavy (non-hydrogen) atoms. The third-order valence-corrected chi connectivity index (χ3v) is 5.59. The van der Waals surface area contributed by atoms with Crippen molar-refractivity contribution < 1.29 is 4.79 Å². The SMILES string of the molecule is CCCCn1c(SCC(=O)NC(C)C2CC2)nc2ccccc2c1=O. The van der Waals surface area contributed by atoms with E-state index in [1.165, 1.54) is 24.6 Å². The van der Waals surface area contributed by atoms with Crippen molar-refractivity contribution in [3.63, 3.8) is 0 Å². The number of hydrogen-bond acceptors (Lipinski definition) is 4. The van der Waals surface area contributed by atoms with Gasteiger partial charge in [0.05, 0.1) is 16.7 Å². The number of rotatable bonds is 8. The fourth-order valence-electron chi connectivity index (χ4n) is 2.91. The van der Waals surface area contributed by atoms with Crippen molar-refractivity contribution in [3.05, 3.63) is 34.6 Å². The van der Waals surface area contributed by atoms with E-state index in [4.69, 9.17) is 0 Å². The first kappa shape index (κ1) is 18.0. The molecule has 6 heteroatoms. The lowest BCUT2D eigenvalue weighted by molar-refractivity contribution is -0.119. The second-order valence-electron chi connectivity index (χ2n) is 6.70. The zero-order valence-electron chi connectivity index (χ0n) is 14.8. The average Bonchev–Trinajstić information content (AvgIpc) is 3.44. The van der Waals surface area contributed by atoms with Crippen LogP contribution in [0, 0.1) is 5.92 Å². The average molecular weight is 359 g/mol. The molecular formula is C19H25N3O2S. The van der Waals surface area contributed by atoms with Crippen molar-refractivity contribution in [2.45, 2.75) is 57.3 Å². The van der Waals surface area contributed by atoms with Crippen LogP contribution in [0.1, 0.15) is 39.5 Å². The molecule has 3 rings (SSSR count). The molecular weight excluding hydrogens is 334 g/mol. The number of nitrogens with zero attached hydrogens (tertiary/aromatic N) is 2. The van der Waals surface area contributed by atoms with Gasteiger partial charge in [0.25, 0.3) is 5.56 Å². The van der Waals surface area contributed by atoms with Crippen LogP contribution in [0.4, 0.5) is 0 Å². The summed E-state index contributed by atoms with van der Waals surface area (Å²) in [6.45, 7) is 4.79. The number of fused-ring (bicyclic) bond motifs is 1. The molecule has 2 aromatic rings. The van der Waals surface area contributed by atoms with Crippen LogP contribution in [0.2, 0.25) is 0 Å². The highest BCUT2D eigenvalue weighted by Gasteiger charge is 2.28. The van der Waals surface area contributed by atoms with Gasteiger partial charge in [-0.2, -0.15) is 0 Å². The quantitative estimate of drug-likeness (QED) is 0.581. The van der Waals surface area contributed by atoms with Gasteiger partial charge in [0.1, 0.15) is 0 Å². The first-order chi connectivity index (χ1) is 12.1. The summed E-state index contributed by atoms with van der Waals surface area (Å²) < 4.78 is 1.72. The lowest BCUT2D eigenvalue weighted by Gasteiger charge is -2.14. The Kier molecular flexibility index (Phi) is 5.78. The Morgan fingerprint density at radius 2 is 2.16 bits per heavy atom. The number of unbranched alkanes of at least 4 members (excludes halogenated alkanes) is 1. The molecule has 1 aromatic heterocycles. The number of carbonyl (C=O) groups is 1. The summed E-state index contributed by atoms with van der Waals surface area (Å²) in [6, 6.07) is 7.63. The molecule has 1 heterocycles. The number of aromatic nitrogens is 2. The molecule has 1 aromatic carbocycles. The highest BCUT2D eigenvalue weighted by molar-refractivity contribution is 7.99. The van der Waals surface area contributed by atoms with Crippen LogP contribution >= 0.6 is 11.8 Å². The van der Waals surface area contributed by atoms with Crippen LogP contribution < -0.4 is 10.9 Å². The molecule has 5 nitrogen and oxygen atoms in total. The standard InChI is InChI=1S/C19H25N3O2S/c1-3-4-11-22-18(24)15-7-5-6-8-16(15)21-19(22)25-12-17(23)20-13(2)14-9-10-14/h5-8,13-14H,3-4,9-12H2,1-2H3,(H,20,23). The maximum atomic E-state index is 12.8. The molecule has 1 aliphatic rings. The van der Waals surface area contributed by atoms with Gasteiger partial charge in [0.15, 0.2) is 5.16 Å². The number of hydrogen-bond donors (Lipinski definition) is 1. The molecule has 1 unspecified atom stereocenters. The Morgan fingerprint density at radius 3 is 2.88 bits per heavy atom. The van der Waals surface area contributed by atoms with E-state index in [1.807, 2.05) is 24.3 Å². The van der Waals surface area contributed by atoms with Crippen LogP contribution in [-0.2, 0) is 11.3 Å². The van der Waals surface area contributed by atoms with E-state index >= 15 is 0 Å². The largest absolute Gasteiger partial charge is 0.353 e. The highest BCUT2D eigenvalue weighted by Crippen LogP contribution is 2.32. The van der Waals surface area contributed by atoms with Gasteiger partial charge in [-0.15, -0.1) is 0 Å². The summed E-state index contributed by atoms with van der Waals surface area (Å²) in [4.78, 5) is 29.6. The topological polar surface area (TPSA) is 64.0 Å². The smallest absolute Gasteiger partial charge is 0.262 e. The molecule has 1 N–H and O–H groups in total. The van der Waals surface area contributed by atoms with Gasteiger partial charge in [-0.1, -0.05) is 37.2 Å². The Hall–Kier alpha value is -1.82. The van der Waals surface area contributed by atoms with E-state index in [-0.39, 0.29) is 23.3 Å². The van der Waals surface area contributed by atoms with Crippen molar-refractivity contribution in [1.29, 1.82) is 0 Å². The monoisotopic (exact) mass is 359 g/mol. The summed E-state index contributed by atoms with van der Waals surface area (Å²) in [6.07, 6.45) is 4.33. The van der Waals surface area contributed by atoms with Gasteiger partial charge in [0.2, 0.25) is 5.91 Å². The third-order valence-electron chi connectivity index (χ3n) is 4.61. The first-order valence-electron chi connectivity index (χ1n) is 9.02. The predicted molar refractivity (Wildman–Crippen MR) is 102 cm³/mol. The van der Waals surface area contributed by atoms with Gasteiger partial charge in [-0.05, 0) is 44.2 Å². The minimum atomic E-state index is -0.0201. The predicted octanol–water partition coefficient (Wildman–Crippen LogP) is 3.20. The van der Waals surface area contributed by atoms with Crippen LogP contribution in [0.15, 0.2) is 34.2 Å². The zero-order chi connectivity index (χ0) is 17.8. The molecule has 0 saturated heterocycles. The second kappa shape index (κ2) is 8.04. The van der Waals surface area contributed by atoms with Gasteiger partial charge in [0, 0.05) is 12.6 Å². The minimum absolute atomic E-state index is 0.00819. The van der Waals surface area contributed by atoms with Crippen LogP contribution in [0.5, 0.6) is 0 Å². The summed E-state index contributed by atoms with van der Waals surface area (Å²) in [5, 5.41) is 4.32. The maximum Gasteiger partial charge on any atom is 0.262 e. The lowest BCUT2D eigenvalue weighted by atomic mass is 10.2. The number of para-hydroxylation sites is 1. The van der Waals surface area contributed by atoms with Gasteiger partial charge in [-0.25, -0.2) is 4.98 Å². The summed E-state index contributed by atoms with van der Waals surface area (Å²) in [5.41, 5.74) is 0.669. The number of amides is 1. The third kappa shape index (κ3) is 4.42. The molecule has 0 radical (unpaired) electrons. The second-order valence-corrected chi connectivity index (χ2v) is 7.65. The molecule has 1 atom stereocenters. The molecule has 1 aliphatic carbocycles. The van der Waals surface area contributed by atoms with Crippen molar-refractivity contribution in [2.24, 2.45) is 5.92 Å². The van der Waals surface area contributed by atoms with E-state index in [2.05, 4.69) is 24.1 Å². The lowest BCUT2D eigenvalue weighted by Crippen LogP contribution is -2.35. The van der Waals surface area contributed by atoms with Gasteiger partial charge >= 0.3 is 0 Å². The minimum Gasteiger partial charge on any atom is -0.353 e. The van der Waals surface area contributed by atoms with E-state index in [0.717, 1.165) is 12.8 Å². The fourth-order valence-corrected chi connectivity index (χ4v) is 3.75. The van der Waals surface area contributed by atoms with Crippen LogP contribution in [0.3, 0.4) is 0 Å². The Morgan fingerprint density at radius 1 is 1.40 bits per heavy atom. The first-order valence-corrected chi connectivity index (χ1v) is 10.0. The van der Waals surface area contributed by atoms with E-state index < -0.39 is 0 Å². The normalized spacial score (nSPS) is 15.3. The van der Waals surface area contributed by atoms with Crippen molar-refractivity contribution in [1.82, 2.24) is 14.9 Å².